The molecule has 0 saturated carbocycles. The number of carbonyl (C=O) groups is 3. The van der Waals surface area contributed by atoms with Crippen LogP contribution in [0, 0.1) is 11.8 Å². The van der Waals surface area contributed by atoms with E-state index in [-0.39, 0.29) is 37.0 Å². The normalized spacial score (nSPS) is 35.5. The number of carbonyl (C=O) groups excluding carboxylic acids is 3. The van der Waals surface area contributed by atoms with Crippen LogP contribution in [0.4, 0.5) is 0 Å². The average Bonchev–Trinajstić information content (AvgIpc) is 3.04. The Hall–Kier alpha value is -1.80. The van der Waals surface area contributed by atoms with Crippen molar-refractivity contribution in [3.05, 3.63) is 24.3 Å². The van der Waals surface area contributed by atoms with Gasteiger partial charge in [-0.3, -0.25) is 14.4 Å². The number of unbranched alkanes of at least 4 members (excludes halogenated alkanes) is 3. The number of aliphatic hydroxyl groups is 1. The molecule has 34 heavy (non-hydrogen) atoms. The van der Waals surface area contributed by atoms with Crippen LogP contribution in [0.1, 0.15) is 59.3 Å². The lowest BCUT2D eigenvalue weighted by molar-refractivity contribution is -0.152. The minimum Gasteiger partial charge on any atom is -0.461 e. The van der Waals surface area contributed by atoms with Crippen molar-refractivity contribution >= 4 is 29.5 Å². The molecule has 4 aliphatic heterocycles. The van der Waals surface area contributed by atoms with Crippen molar-refractivity contribution in [2.24, 2.45) is 11.8 Å². The minimum atomic E-state index is -0.792. The monoisotopic (exact) mass is 490 g/mol. The summed E-state index contributed by atoms with van der Waals surface area (Å²) in [6.45, 7) is 7.58. The van der Waals surface area contributed by atoms with E-state index in [0.29, 0.717) is 13.1 Å². The van der Waals surface area contributed by atoms with Gasteiger partial charge in [-0.1, -0.05) is 44.4 Å². The highest BCUT2D eigenvalue weighted by Crippen LogP contribution is 2.65. The average molecular weight is 491 g/mol. The van der Waals surface area contributed by atoms with Crippen LogP contribution in [0.25, 0.3) is 0 Å². The molecule has 4 aliphatic rings. The lowest BCUT2D eigenvalue weighted by Crippen LogP contribution is -2.55. The lowest BCUT2D eigenvalue weighted by atomic mass is 9.75. The Kier molecular flexibility index (Phi) is 7.48. The number of esters is 1. The summed E-state index contributed by atoms with van der Waals surface area (Å²) in [5, 5.41) is 9.08. The highest BCUT2D eigenvalue weighted by atomic mass is 32.2. The van der Waals surface area contributed by atoms with E-state index in [4.69, 9.17) is 9.84 Å². The molecule has 0 radical (unpaired) electrons. The Labute approximate surface area is 206 Å². The van der Waals surface area contributed by atoms with Crippen molar-refractivity contribution in [3.8, 4) is 0 Å². The lowest BCUT2D eigenvalue weighted by Gasteiger charge is -2.38. The summed E-state index contributed by atoms with van der Waals surface area (Å²) in [5.74, 6) is -1.71. The van der Waals surface area contributed by atoms with Crippen molar-refractivity contribution in [1.29, 1.82) is 0 Å². The number of cyclic esters (lactones) is 1. The van der Waals surface area contributed by atoms with E-state index in [1.54, 1.807) is 16.7 Å². The SMILES string of the molecule is CCCC(C)N1CC=C[C@]23S[C@]4(C)C=CCOC(=O)[C@@H]4[C@H]2C(=O)N(CCCCCCO)C3C1=O. The van der Waals surface area contributed by atoms with E-state index in [1.165, 1.54) is 0 Å². The third kappa shape index (κ3) is 4.11. The molecule has 188 valence electrons. The molecule has 6 atom stereocenters. The van der Waals surface area contributed by atoms with Crippen molar-refractivity contribution in [2.45, 2.75) is 80.9 Å². The molecular weight excluding hydrogens is 452 g/mol. The van der Waals surface area contributed by atoms with E-state index in [0.717, 1.165) is 38.5 Å². The van der Waals surface area contributed by atoms with E-state index in [1.807, 2.05) is 30.1 Å². The van der Waals surface area contributed by atoms with Gasteiger partial charge in [0.25, 0.3) is 0 Å². The minimum absolute atomic E-state index is 0.0120. The number of aliphatic hydroxyl groups excluding tert-OH is 1. The van der Waals surface area contributed by atoms with Gasteiger partial charge in [-0.15, -0.1) is 11.8 Å². The summed E-state index contributed by atoms with van der Waals surface area (Å²) < 4.78 is 4.08. The molecule has 0 aliphatic carbocycles. The molecule has 2 fully saturated rings. The first-order valence-electron chi connectivity index (χ1n) is 12.7. The van der Waals surface area contributed by atoms with Crippen molar-refractivity contribution in [1.82, 2.24) is 9.80 Å². The number of ether oxygens (including phenoxy) is 1. The molecule has 2 saturated heterocycles. The summed E-state index contributed by atoms with van der Waals surface area (Å²) in [5.41, 5.74) is 0. The zero-order valence-corrected chi connectivity index (χ0v) is 21.4. The van der Waals surface area contributed by atoms with Crippen LogP contribution in [0.3, 0.4) is 0 Å². The molecule has 4 heterocycles. The van der Waals surface area contributed by atoms with Gasteiger partial charge >= 0.3 is 5.97 Å². The standard InChI is InChI=1S/C26H38N2O5S/c1-4-11-18(2)27-15-9-13-26-19(20-24(32)33-17-10-12-25(20,3)34-26)22(30)28(21(26)23(27)31)14-7-5-6-8-16-29/h9-10,12-13,18-21,29H,4-8,11,14-17H2,1-3H3/t18?,19-,20-,21?,25+,26-/m0/s1. The van der Waals surface area contributed by atoms with Gasteiger partial charge in [-0.2, -0.15) is 0 Å². The number of rotatable bonds is 9. The molecule has 0 aromatic carbocycles. The van der Waals surface area contributed by atoms with Gasteiger partial charge in [-0.05, 0) is 39.2 Å². The first kappa shape index (κ1) is 25.3. The molecule has 1 spiro atoms. The summed E-state index contributed by atoms with van der Waals surface area (Å²) >= 11 is 1.60. The molecule has 1 N–H and O–H groups in total. The maximum Gasteiger partial charge on any atom is 0.311 e. The van der Waals surface area contributed by atoms with Crippen LogP contribution in [0.2, 0.25) is 0 Å². The van der Waals surface area contributed by atoms with Crippen LogP contribution in [-0.4, -0.2) is 80.6 Å². The fraction of sp³-hybridized carbons (Fsp3) is 0.731. The maximum absolute atomic E-state index is 14.1. The van der Waals surface area contributed by atoms with E-state index in [9.17, 15) is 14.4 Å². The third-order valence-corrected chi connectivity index (χ3v) is 9.69. The van der Waals surface area contributed by atoms with E-state index < -0.39 is 27.4 Å². The molecule has 0 aromatic heterocycles. The van der Waals surface area contributed by atoms with Gasteiger partial charge in [0.05, 0.1) is 16.6 Å². The molecule has 4 rings (SSSR count). The Morgan fingerprint density at radius 2 is 1.88 bits per heavy atom. The Morgan fingerprint density at radius 3 is 2.62 bits per heavy atom. The van der Waals surface area contributed by atoms with Crippen LogP contribution in [-0.2, 0) is 19.1 Å². The number of thioether (sulfide) groups is 1. The smallest absolute Gasteiger partial charge is 0.311 e. The third-order valence-electron chi connectivity index (χ3n) is 7.89. The number of hydrogen-bond acceptors (Lipinski definition) is 6. The molecule has 0 bridgehead atoms. The van der Waals surface area contributed by atoms with Crippen LogP contribution < -0.4 is 0 Å². The first-order valence-corrected chi connectivity index (χ1v) is 13.6. The largest absolute Gasteiger partial charge is 0.461 e. The highest BCUT2D eigenvalue weighted by molar-refractivity contribution is 8.02. The molecule has 7 nitrogen and oxygen atoms in total. The van der Waals surface area contributed by atoms with Crippen LogP contribution in [0.15, 0.2) is 24.3 Å². The Balaban J connectivity index is 1.73. The topological polar surface area (TPSA) is 87.2 Å². The van der Waals surface area contributed by atoms with Gasteiger partial charge in [-0.25, -0.2) is 0 Å². The Morgan fingerprint density at radius 1 is 1.12 bits per heavy atom. The summed E-state index contributed by atoms with van der Waals surface area (Å²) in [7, 11) is 0. The van der Waals surface area contributed by atoms with Gasteiger partial charge in [0, 0.05) is 30.5 Å². The number of nitrogens with zero attached hydrogens (tertiary/aromatic N) is 2. The van der Waals surface area contributed by atoms with Gasteiger partial charge < -0.3 is 19.6 Å². The molecule has 0 aromatic rings. The van der Waals surface area contributed by atoms with Gasteiger partial charge in [0.1, 0.15) is 12.6 Å². The second-order valence-corrected chi connectivity index (χ2v) is 12.0. The number of likely N-dealkylation sites (tertiary alicyclic amines) is 1. The van der Waals surface area contributed by atoms with Crippen molar-refractivity contribution in [2.75, 3.05) is 26.3 Å². The van der Waals surface area contributed by atoms with Crippen LogP contribution >= 0.6 is 11.8 Å². The quantitative estimate of drug-likeness (QED) is 0.304. The molecule has 2 unspecified atom stereocenters. The Bertz CT molecular complexity index is 875. The van der Waals surface area contributed by atoms with Gasteiger partial charge in [0.2, 0.25) is 11.8 Å². The zero-order valence-electron chi connectivity index (χ0n) is 20.6. The summed E-state index contributed by atoms with van der Waals surface area (Å²) in [4.78, 5) is 45.0. The number of hydrogen-bond donors (Lipinski definition) is 1. The fourth-order valence-electron chi connectivity index (χ4n) is 6.33. The van der Waals surface area contributed by atoms with Gasteiger partial charge in [0.15, 0.2) is 0 Å². The van der Waals surface area contributed by atoms with E-state index in [2.05, 4.69) is 19.9 Å². The van der Waals surface area contributed by atoms with E-state index >= 15 is 0 Å². The predicted molar refractivity (Wildman–Crippen MR) is 132 cm³/mol. The summed E-state index contributed by atoms with van der Waals surface area (Å²) in [6, 6.07) is -0.550. The summed E-state index contributed by atoms with van der Waals surface area (Å²) in [6.07, 6.45) is 13.1. The van der Waals surface area contributed by atoms with Crippen molar-refractivity contribution < 1.29 is 24.2 Å². The zero-order chi connectivity index (χ0) is 24.5. The predicted octanol–water partition coefficient (Wildman–Crippen LogP) is 2.93. The van der Waals surface area contributed by atoms with Crippen molar-refractivity contribution in [3.63, 3.8) is 0 Å². The molecule has 2 amide bonds. The number of amides is 2. The fourth-order valence-corrected chi connectivity index (χ4v) is 8.48. The molecule has 8 heteroatoms. The second-order valence-electron chi connectivity index (χ2n) is 10.2. The maximum atomic E-state index is 14.1. The van der Waals surface area contributed by atoms with Crippen LogP contribution in [0.5, 0.6) is 0 Å². The molecular formula is C26H38N2O5S. The number of fused-ring (bicyclic) bond motifs is 2. The highest BCUT2D eigenvalue weighted by Gasteiger charge is 2.74. The first-order chi connectivity index (χ1) is 16.3. The second kappa shape index (κ2) is 10.1.